The van der Waals surface area contributed by atoms with Crippen LogP contribution in [0.25, 0.3) is 0 Å². The Kier molecular flexibility index (Phi) is 6.13. The van der Waals surface area contributed by atoms with Crippen molar-refractivity contribution >= 4 is 11.3 Å². The van der Waals surface area contributed by atoms with Gasteiger partial charge >= 0.3 is 0 Å². The van der Waals surface area contributed by atoms with Gasteiger partial charge in [-0.2, -0.15) is 0 Å². The summed E-state index contributed by atoms with van der Waals surface area (Å²) in [6.07, 6.45) is 2.37. The van der Waals surface area contributed by atoms with Gasteiger partial charge in [0.2, 0.25) is 0 Å². The van der Waals surface area contributed by atoms with Gasteiger partial charge in [0, 0.05) is 4.88 Å². The highest BCUT2D eigenvalue weighted by atomic mass is 32.1. The molecular formula is C9H17NS. The topological polar surface area (TPSA) is 12.9 Å². The Morgan fingerprint density at radius 2 is 1.91 bits per heavy atom. The summed E-state index contributed by atoms with van der Waals surface area (Å²) in [4.78, 5) is 5.51. The fourth-order valence-corrected chi connectivity index (χ4v) is 1.39. The first-order chi connectivity index (χ1) is 5.26. The van der Waals surface area contributed by atoms with Crippen molar-refractivity contribution in [1.29, 1.82) is 0 Å². The molecule has 0 aliphatic rings. The van der Waals surface area contributed by atoms with Gasteiger partial charge in [-0.25, -0.2) is 4.98 Å². The Hall–Kier alpha value is -0.370. The molecule has 1 heterocycles. The zero-order valence-electron chi connectivity index (χ0n) is 7.85. The van der Waals surface area contributed by atoms with Crippen molar-refractivity contribution in [2.75, 3.05) is 0 Å². The largest absolute Gasteiger partial charge is 0.250 e. The predicted molar refractivity (Wildman–Crippen MR) is 52.2 cm³/mol. The highest BCUT2D eigenvalue weighted by Crippen LogP contribution is 2.11. The third kappa shape index (κ3) is 4.14. The normalized spacial score (nSPS) is 8.73. The zero-order valence-corrected chi connectivity index (χ0v) is 8.66. The number of aromatic nitrogens is 1. The molecule has 11 heavy (non-hydrogen) atoms. The van der Waals surface area contributed by atoms with Crippen molar-refractivity contribution in [3.8, 4) is 0 Å². The average molecular weight is 171 g/mol. The molecule has 1 nitrogen and oxygen atoms in total. The minimum Gasteiger partial charge on any atom is -0.250 e. The summed E-state index contributed by atoms with van der Waals surface area (Å²) in [5, 5.41) is 0. The van der Waals surface area contributed by atoms with E-state index in [1.807, 2.05) is 5.51 Å². The molecule has 0 aromatic carbocycles. The first-order valence-electron chi connectivity index (χ1n) is 4.15. The van der Waals surface area contributed by atoms with Crippen LogP contribution >= 0.6 is 11.3 Å². The first-order valence-corrected chi connectivity index (χ1v) is 5.03. The molecule has 0 bridgehead atoms. The SMILES string of the molecule is CCC.CCc1scnc1C. The second-order valence-electron chi connectivity index (χ2n) is 2.42. The Bertz CT molecular complexity index is 181. The Morgan fingerprint density at radius 1 is 1.36 bits per heavy atom. The second-order valence-corrected chi connectivity index (χ2v) is 3.36. The van der Waals surface area contributed by atoms with Crippen LogP contribution in [-0.2, 0) is 6.42 Å². The smallest absolute Gasteiger partial charge is 0.0797 e. The van der Waals surface area contributed by atoms with E-state index in [1.54, 1.807) is 11.3 Å². The number of aryl methyl sites for hydroxylation is 2. The molecular weight excluding hydrogens is 154 g/mol. The van der Waals surface area contributed by atoms with E-state index in [-0.39, 0.29) is 0 Å². The Balaban J connectivity index is 0.000000292. The van der Waals surface area contributed by atoms with E-state index in [0.29, 0.717) is 0 Å². The maximum Gasteiger partial charge on any atom is 0.0797 e. The van der Waals surface area contributed by atoms with E-state index in [4.69, 9.17) is 0 Å². The number of rotatable bonds is 1. The molecule has 0 saturated heterocycles. The molecule has 1 rings (SSSR count). The van der Waals surface area contributed by atoms with Crippen LogP contribution in [0.3, 0.4) is 0 Å². The fraction of sp³-hybridized carbons (Fsp3) is 0.667. The van der Waals surface area contributed by atoms with Gasteiger partial charge in [-0.3, -0.25) is 0 Å². The van der Waals surface area contributed by atoms with Gasteiger partial charge in [0.1, 0.15) is 0 Å². The molecule has 0 aliphatic carbocycles. The van der Waals surface area contributed by atoms with Crippen molar-refractivity contribution < 1.29 is 0 Å². The summed E-state index contributed by atoms with van der Waals surface area (Å²) in [6.45, 7) is 8.45. The quantitative estimate of drug-likeness (QED) is 0.631. The van der Waals surface area contributed by atoms with Crippen LogP contribution < -0.4 is 0 Å². The van der Waals surface area contributed by atoms with Crippen LogP contribution in [0, 0.1) is 6.92 Å². The van der Waals surface area contributed by atoms with E-state index in [2.05, 4.69) is 32.7 Å². The molecule has 1 aromatic rings. The van der Waals surface area contributed by atoms with Gasteiger partial charge in [-0.15, -0.1) is 11.3 Å². The van der Waals surface area contributed by atoms with Gasteiger partial charge in [-0.1, -0.05) is 27.2 Å². The molecule has 0 radical (unpaired) electrons. The minimum absolute atomic E-state index is 1.12. The predicted octanol–water partition coefficient (Wildman–Crippen LogP) is 3.43. The van der Waals surface area contributed by atoms with Gasteiger partial charge in [0.15, 0.2) is 0 Å². The minimum atomic E-state index is 1.12. The van der Waals surface area contributed by atoms with Crippen LogP contribution in [0.15, 0.2) is 5.51 Å². The summed E-state index contributed by atoms with van der Waals surface area (Å²) < 4.78 is 0. The van der Waals surface area contributed by atoms with E-state index < -0.39 is 0 Å². The first kappa shape index (κ1) is 10.6. The van der Waals surface area contributed by atoms with Crippen LogP contribution in [-0.4, -0.2) is 4.98 Å². The Labute approximate surface area is 73.5 Å². The molecule has 2 heteroatoms. The monoisotopic (exact) mass is 171 g/mol. The summed E-state index contributed by atoms with van der Waals surface area (Å²) in [5.41, 5.74) is 3.09. The molecule has 0 aliphatic heterocycles. The third-order valence-corrected chi connectivity index (χ3v) is 2.25. The number of nitrogens with zero attached hydrogens (tertiary/aromatic N) is 1. The highest BCUT2D eigenvalue weighted by Gasteiger charge is 1.94. The van der Waals surface area contributed by atoms with E-state index in [9.17, 15) is 0 Å². The van der Waals surface area contributed by atoms with Gasteiger partial charge in [-0.05, 0) is 13.3 Å². The third-order valence-electron chi connectivity index (χ3n) is 1.17. The van der Waals surface area contributed by atoms with Crippen molar-refractivity contribution in [1.82, 2.24) is 4.98 Å². The van der Waals surface area contributed by atoms with Crippen LogP contribution in [0.5, 0.6) is 0 Å². The van der Waals surface area contributed by atoms with Gasteiger partial charge in [0.05, 0.1) is 11.2 Å². The Morgan fingerprint density at radius 3 is 2.09 bits per heavy atom. The number of hydrogen-bond acceptors (Lipinski definition) is 2. The highest BCUT2D eigenvalue weighted by molar-refractivity contribution is 7.09. The molecule has 0 unspecified atom stereocenters. The second kappa shape index (κ2) is 6.35. The summed E-state index contributed by atoms with van der Waals surface area (Å²) in [7, 11) is 0. The number of hydrogen-bond donors (Lipinski definition) is 0. The summed E-state index contributed by atoms with van der Waals surface area (Å²) in [5.74, 6) is 0. The molecule has 0 atom stereocenters. The molecule has 1 aromatic heterocycles. The standard InChI is InChI=1S/C6H9NS.C3H8/c1-3-6-5(2)7-4-8-6;1-3-2/h4H,3H2,1-2H3;3H2,1-2H3. The molecule has 0 spiro atoms. The number of thiazole rings is 1. The van der Waals surface area contributed by atoms with Crippen molar-refractivity contribution in [3.63, 3.8) is 0 Å². The maximum atomic E-state index is 4.11. The lowest BCUT2D eigenvalue weighted by Crippen LogP contribution is -1.76. The van der Waals surface area contributed by atoms with Crippen LogP contribution in [0.1, 0.15) is 37.8 Å². The lowest BCUT2D eigenvalue weighted by Gasteiger charge is -1.85. The van der Waals surface area contributed by atoms with E-state index in [1.165, 1.54) is 17.0 Å². The van der Waals surface area contributed by atoms with Crippen molar-refractivity contribution in [2.24, 2.45) is 0 Å². The fourth-order valence-electron chi connectivity index (χ4n) is 0.665. The van der Waals surface area contributed by atoms with Gasteiger partial charge < -0.3 is 0 Å². The lowest BCUT2D eigenvalue weighted by molar-refractivity contribution is 1.09. The van der Waals surface area contributed by atoms with Gasteiger partial charge in [0.25, 0.3) is 0 Å². The van der Waals surface area contributed by atoms with Crippen molar-refractivity contribution in [3.05, 3.63) is 16.1 Å². The van der Waals surface area contributed by atoms with Crippen molar-refractivity contribution in [2.45, 2.75) is 40.5 Å². The molecule has 0 amide bonds. The van der Waals surface area contributed by atoms with Crippen LogP contribution in [0.4, 0.5) is 0 Å². The average Bonchev–Trinajstić information content (AvgIpc) is 2.36. The van der Waals surface area contributed by atoms with E-state index in [0.717, 1.165) is 6.42 Å². The van der Waals surface area contributed by atoms with Crippen LogP contribution in [0.2, 0.25) is 0 Å². The molecule has 0 saturated carbocycles. The molecule has 0 N–H and O–H groups in total. The molecule has 64 valence electrons. The molecule has 0 fully saturated rings. The summed E-state index contributed by atoms with van der Waals surface area (Å²) in [6, 6.07) is 0. The zero-order chi connectivity index (χ0) is 8.69. The van der Waals surface area contributed by atoms with E-state index >= 15 is 0 Å². The lowest BCUT2D eigenvalue weighted by atomic mass is 10.3. The maximum absolute atomic E-state index is 4.11. The summed E-state index contributed by atoms with van der Waals surface area (Å²) >= 11 is 1.74.